The molecule has 1 saturated heterocycles. The smallest absolute Gasteiger partial charge is 0.408 e. The van der Waals surface area contributed by atoms with Crippen LogP contribution in [0.2, 0.25) is 5.02 Å². The summed E-state index contributed by atoms with van der Waals surface area (Å²) in [6.07, 6.45) is 0. The lowest BCUT2D eigenvalue weighted by molar-refractivity contribution is -0.122. The molecule has 7 nitrogen and oxygen atoms in total. The van der Waals surface area contributed by atoms with Gasteiger partial charge in [0.05, 0.1) is 18.7 Å². The van der Waals surface area contributed by atoms with E-state index in [1.54, 1.807) is 22.8 Å². The van der Waals surface area contributed by atoms with Crippen LogP contribution in [0.1, 0.15) is 13.8 Å². The third-order valence-corrected chi connectivity index (χ3v) is 4.75. The first-order chi connectivity index (χ1) is 12.4. The van der Waals surface area contributed by atoms with Crippen LogP contribution in [0.5, 0.6) is 0 Å². The normalized spacial score (nSPS) is 16.5. The van der Waals surface area contributed by atoms with E-state index < -0.39 is 0 Å². The number of hydrogen-bond donors (Lipinski definition) is 1. The molecule has 0 radical (unpaired) electrons. The van der Waals surface area contributed by atoms with Gasteiger partial charge in [0.1, 0.15) is 0 Å². The molecular formula is C18H25ClN4O3. The molecule has 0 saturated carbocycles. The summed E-state index contributed by atoms with van der Waals surface area (Å²) in [5.41, 5.74) is 1.25. The number of hydrogen-bond acceptors (Lipinski definition) is 5. The first kappa shape index (κ1) is 18.9. The average Bonchev–Trinajstić information content (AvgIpc) is 2.89. The molecule has 0 unspecified atom stereocenters. The van der Waals surface area contributed by atoms with Gasteiger partial charge in [0, 0.05) is 43.8 Å². The van der Waals surface area contributed by atoms with Gasteiger partial charge < -0.3 is 9.73 Å². The summed E-state index contributed by atoms with van der Waals surface area (Å²) in [7, 11) is 0. The Morgan fingerprint density at radius 1 is 1.23 bits per heavy atom. The second kappa shape index (κ2) is 8.24. The zero-order chi connectivity index (χ0) is 18.7. The number of fused-ring (bicyclic) bond motifs is 1. The maximum atomic E-state index is 12.1. The molecule has 1 N–H and O–H groups in total. The number of piperazine rings is 1. The average molecular weight is 381 g/mol. The van der Waals surface area contributed by atoms with Crippen molar-refractivity contribution in [1.82, 2.24) is 19.7 Å². The summed E-state index contributed by atoms with van der Waals surface area (Å²) in [6, 6.07) is 5.21. The fourth-order valence-electron chi connectivity index (χ4n) is 3.04. The predicted molar refractivity (Wildman–Crippen MR) is 101 cm³/mol. The number of carbonyl (C=O) groups excluding carboxylic acids is 1. The van der Waals surface area contributed by atoms with Gasteiger partial charge in [-0.15, -0.1) is 0 Å². The summed E-state index contributed by atoms with van der Waals surface area (Å²) >= 11 is 5.95. The summed E-state index contributed by atoms with van der Waals surface area (Å²) in [5, 5.41) is 3.49. The van der Waals surface area contributed by atoms with E-state index >= 15 is 0 Å². The minimum absolute atomic E-state index is 0.0704. The van der Waals surface area contributed by atoms with Crippen LogP contribution in [0.4, 0.5) is 0 Å². The molecular weight excluding hydrogens is 356 g/mol. The Hall–Kier alpha value is -1.83. The van der Waals surface area contributed by atoms with E-state index in [1.165, 1.54) is 0 Å². The molecule has 1 aliphatic heterocycles. The Morgan fingerprint density at radius 3 is 2.62 bits per heavy atom. The summed E-state index contributed by atoms with van der Waals surface area (Å²) in [4.78, 5) is 28.4. The molecule has 3 rings (SSSR count). The van der Waals surface area contributed by atoms with Crippen LogP contribution < -0.4 is 11.1 Å². The van der Waals surface area contributed by atoms with E-state index in [1.807, 2.05) is 0 Å². The second-order valence-corrected chi connectivity index (χ2v) is 7.58. The van der Waals surface area contributed by atoms with E-state index in [-0.39, 0.29) is 11.7 Å². The van der Waals surface area contributed by atoms with Gasteiger partial charge in [-0.3, -0.25) is 19.2 Å². The Balaban J connectivity index is 1.54. The number of aromatic nitrogens is 1. The molecule has 1 aromatic carbocycles. The number of oxazole rings is 1. The molecule has 0 spiro atoms. The van der Waals surface area contributed by atoms with E-state index in [2.05, 4.69) is 29.0 Å². The summed E-state index contributed by atoms with van der Waals surface area (Å²) < 4.78 is 6.90. The van der Waals surface area contributed by atoms with Crippen LogP contribution in [0, 0.1) is 5.92 Å². The quantitative estimate of drug-likeness (QED) is 0.824. The lowest BCUT2D eigenvalue weighted by Crippen LogP contribution is -2.50. The van der Waals surface area contributed by atoms with Gasteiger partial charge in [-0.05, 0) is 18.1 Å². The minimum atomic E-state index is -0.377. The van der Waals surface area contributed by atoms with E-state index in [9.17, 15) is 9.59 Å². The molecule has 1 aromatic heterocycles. The molecule has 1 fully saturated rings. The molecule has 26 heavy (non-hydrogen) atoms. The number of rotatable bonds is 6. The number of benzene rings is 1. The Morgan fingerprint density at radius 2 is 1.92 bits per heavy atom. The molecule has 0 aliphatic carbocycles. The highest BCUT2D eigenvalue weighted by molar-refractivity contribution is 6.31. The Kier molecular flexibility index (Phi) is 6.01. The van der Waals surface area contributed by atoms with Gasteiger partial charge in [0.25, 0.3) is 0 Å². The second-order valence-electron chi connectivity index (χ2n) is 7.14. The molecule has 142 valence electrons. The van der Waals surface area contributed by atoms with Crippen molar-refractivity contribution in [3.8, 4) is 0 Å². The molecule has 1 amide bonds. The molecule has 0 bridgehead atoms. The molecule has 2 heterocycles. The van der Waals surface area contributed by atoms with Gasteiger partial charge >= 0.3 is 5.76 Å². The monoisotopic (exact) mass is 380 g/mol. The van der Waals surface area contributed by atoms with Crippen molar-refractivity contribution in [2.45, 2.75) is 20.5 Å². The lowest BCUT2D eigenvalue weighted by Gasteiger charge is -2.34. The van der Waals surface area contributed by atoms with Crippen molar-refractivity contribution in [1.29, 1.82) is 0 Å². The van der Waals surface area contributed by atoms with Crippen molar-refractivity contribution in [2.24, 2.45) is 5.92 Å². The van der Waals surface area contributed by atoms with Crippen LogP contribution >= 0.6 is 11.6 Å². The van der Waals surface area contributed by atoms with Gasteiger partial charge in [0.15, 0.2) is 5.58 Å². The fourth-order valence-corrected chi connectivity index (χ4v) is 3.20. The van der Waals surface area contributed by atoms with Crippen LogP contribution in [-0.2, 0) is 11.5 Å². The van der Waals surface area contributed by atoms with Gasteiger partial charge in [-0.25, -0.2) is 4.79 Å². The van der Waals surface area contributed by atoms with E-state index in [0.29, 0.717) is 36.3 Å². The minimum Gasteiger partial charge on any atom is -0.408 e. The zero-order valence-corrected chi connectivity index (χ0v) is 16.0. The lowest BCUT2D eigenvalue weighted by atomic mass is 10.2. The van der Waals surface area contributed by atoms with Crippen LogP contribution in [0.15, 0.2) is 27.4 Å². The number of amides is 1. The highest BCUT2D eigenvalue weighted by Crippen LogP contribution is 2.18. The Labute approximate surface area is 157 Å². The van der Waals surface area contributed by atoms with Crippen LogP contribution in [0.3, 0.4) is 0 Å². The number of carbonyl (C=O) groups is 1. The first-order valence-corrected chi connectivity index (χ1v) is 9.30. The van der Waals surface area contributed by atoms with Crippen molar-refractivity contribution in [3.63, 3.8) is 0 Å². The van der Waals surface area contributed by atoms with Crippen molar-refractivity contribution in [2.75, 3.05) is 39.3 Å². The van der Waals surface area contributed by atoms with Gasteiger partial charge in [-0.2, -0.15) is 0 Å². The maximum absolute atomic E-state index is 12.1. The van der Waals surface area contributed by atoms with E-state index in [4.69, 9.17) is 16.0 Å². The fraction of sp³-hybridized carbons (Fsp3) is 0.556. The SMILES string of the molecule is CC(C)CNC(=O)CN1CCN(Cn2c(=O)oc3cc(Cl)ccc32)CC1. The summed E-state index contributed by atoms with van der Waals surface area (Å²) in [6.45, 7) is 8.95. The van der Waals surface area contributed by atoms with Crippen LogP contribution in [0.25, 0.3) is 11.1 Å². The Bertz CT molecular complexity index is 821. The highest BCUT2D eigenvalue weighted by atomic mass is 35.5. The third kappa shape index (κ3) is 4.66. The number of nitrogens with one attached hydrogen (secondary N) is 1. The molecule has 2 aromatic rings. The van der Waals surface area contributed by atoms with Crippen LogP contribution in [-0.4, -0.2) is 59.5 Å². The topological polar surface area (TPSA) is 70.7 Å². The zero-order valence-electron chi connectivity index (χ0n) is 15.2. The standard InChI is InChI=1S/C18H25ClN4O3/c1-13(2)10-20-17(24)11-21-5-7-22(8-6-21)12-23-15-4-3-14(19)9-16(15)26-18(23)25/h3-4,9,13H,5-8,10-12H2,1-2H3,(H,20,24). The number of halogens is 1. The third-order valence-electron chi connectivity index (χ3n) is 4.51. The predicted octanol–water partition coefficient (Wildman–Crippen LogP) is 1.60. The van der Waals surface area contributed by atoms with Crippen molar-refractivity contribution >= 4 is 28.6 Å². The van der Waals surface area contributed by atoms with E-state index in [0.717, 1.165) is 31.7 Å². The molecule has 0 atom stereocenters. The summed E-state index contributed by atoms with van der Waals surface area (Å²) in [5.74, 6) is 0.146. The molecule has 8 heteroatoms. The van der Waals surface area contributed by atoms with Gasteiger partial charge in [0.2, 0.25) is 5.91 Å². The highest BCUT2D eigenvalue weighted by Gasteiger charge is 2.20. The largest absolute Gasteiger partial charge is 0.421 e. The van der Waals surface area contributed by atoms with Crippen molar-refractivity contribution in [3.05, 3.63) is 33.8 Å². The first-order valence-electron chi connectivity index (χ1n) is 8.92. The van der Waals surface area contributed by atoms with Gasteiger partial charge in [-0.1, -0.05) is 25.4 Å². The molecule has 1 aliphatic rings. The van der Waals surface area contributed by atoms with Crippen molar-refractivity contribution < 1.29 is 9.21 Å². The number of nitrogens with zero attached hydrogens (tertiary/aromatic N) is 3. The maximum Gasteiger partial charge on any atom is 0.421 e.